The van der Waals surface area contributed by atoms with Gasteiger partial charge in [-0.2, -0.15) is 0 Å². The van der Waals surface area contributed by atoms with Crippen molar-refractivity contribution in [2.45, 2.75) is 44.9 Å². The second kappa shape index (κ2) is 4.79. The standard InChI is InChI=1S/C15H22N4O2/c1-15(2,3)21-14(20)18-7-6-11-12(18)9-19(11)10-4-5-13(16)17-8-10/h4-5,8,11-12H,6-7,9H2,1-3H3,(H2,16,17)/t11-,12-/m1/s1. The minimum Gasteiger partial charge on any atom is -0.444 e. The Bertz CT molecular complexity index is 538. The highest BCUT2D eigenvalue weighted by atomic mass is 16.6. The van der Waals surface area contributed by atoms with Gasteiger partial charge in [0.25, 0.3) is 0 Å². The first kappa shape index (κ1) is 14.0. The Hall–Kier alpha value is -1.98. The minimum absolute atomic E-state index is 0.204. The van der Waals surface area contributed by atoms with Crippen LogP contribution in [0, 0.1) is 0 Å². The molecule has 2 fully saturated rings. The van der Waals surface area contributed by atoms with Crippen LogP contribution in [0.15, 0.2) is 18.3 Å². The van der Waals surface area contributed by atoms with E-state index < -0.39 is 5.60 Å². The molecule has 0 unspecified atom stereocenters. The van der Waals surface area contributed by atoms with Crippen molar-refractivity contribution in [3.63, 3.8) is 0 Å². The van der Waals surface area contributed by atoms with Gasteiger partial charge >= 0.3 is 6.09 Å². The quantitative estimate of drug-likeness (QED) is 0.854. The highest BCUT2D eigenvalue weighted by Gasteiger charge is 2.49. The average Bonchev–Trinajstić information content (AvgIpc) is 2.67. The van der Waals surface area contributed by atoms with E-state index in [0.29, 0.717) is 11.9 Å². The molecule has 0 spiro atoms. The van der Waals surface area contributed by atoms with E-state index in [4.69, 9.17) is 10.5 Å². The predicted molar refractivity (Wildman–Crippen MR) is 81.1 cm³/mol. The number of anilines is 2. The minimum atomic E-state index is -0.445. The van der Waals surface area contributed by atoms with Gasteiger partial charge in [0, 0.05) is 13.1 Å². The number of carbonyl (C=O) groups is 1. The Labute approximate surface area is 124 Å². The lowest BCUT2D eigenvalue weighted by molar-refractivity contribution is 0.0194. The van der Waals surface area contributed by atoms with E-state index in [1.54, 1.807) is 6.20 Å². The number of amides is 1. The number of hydrogen-bond acceptors (Lipinski definition) is 5. The molecule has 1 aromatic rings. The zero-order valence-corrected chi connectivity index (χ0v) is 12.7. The van der Waals surface area contributed by atoms with Crippen molar-refractivity contribution in [2.75, 3.05) is 23.7 Å². The van der Waals surface area contributed by atoms with Gasteiger partial charge in [0.15, 0.2) is 0 Å². The molecule has 2 atom stereocenters. The number of nitrogen functional groups attached to an aromatic ring is 1. The number of hydrogen-bond donors (Lipinski definition) is 1. The molecule has 1 amide bonds. The Kier molecular flexibility index (Phi) is 3.19. The fraction of sp³-hybridized carbons (Fsp3) is 0.600. The first-order valence-electron chi connectivity index (χ1n) is 7.33. The number of fused-ring (bicyclic) bond motifs is 1. The van der Waals surface area contributed by atoms with Crippen molar-refractivity contribution in [3.8, 4) is 0 Å². The molecule has 0 radical (unpaired) electrons. The van der Waals surface area contributed by atoms with E-state index >= 15 is 0 Å². The SMILES string of the molecule is CC(C)(C)OC(=O)N1CC[C@@H]2[C@H]1CN2c1ccc(N)nc1. The molecular weight excluding hydrogens is 268 g/mol. The number of pyridine rings is 1. The molecule has 2 aliphatic rings. The summed E-state index contributed by atoms with van der Waals surface area (Å²) in [5.74, 6) is 0.526. The van der Waals surface area contributed by atoms with Crippen molar-refractivity contribution in [3.05, 3.63) is 18.3 Å². The third-order valence-corrected chi connectivity index (χ3v) is 4.02. The zero-order chi connectivity index (χ0) is 15.2. The van der Waals surface area contributed by atoms with E-state index in [9.17, 15) is 4.79 Å². The van der Waals surface area contributed by atoms with Crippen LogP contribution < -0.4 is 10.6 Å². The first-order chi connectivity index (χ1) is 9.85. The van der Waals surface area contributed by atoms with Gasteiger partial charge in [-0.15, -0.1) is 0 Å². The van der Waals surface area contributed by atoms with Gasteiger partial charge in [0.1, 0.15) is 11.4 Å². The van der Waals surface area contributed by atoms with Crippen LogP contribution in [0.2, 0.25) is 0 Å². The molecule has 2 saturated heterocycles. The number of rotatable bonds is 1. The van der Waals surface area contributed by atoms with Gasteiger partial charge in [0.2, 0.25) is 0 Å². The van der Waals surface area contributed by atoms with Gasteiger partial charge in [0.05, 0.1) is 24.0 Å². The fourth-order valence-corrected chi connectivity index (χ4v) is 3.03. The van der Waals surface area contributed by atoms with Crippen LogP contribution in [-0.4, -0.2) is 46.8 Å². The third kappa shape index (κ3) is 2.62. The van der Waals surface area contributed by atoms with Crippen LogP contribution in [0.1, 0.15) is 27.2 Å². The summed E-state index contributed by atoms with van der Waals surface area (Å²) in [6.07, 6.45) is 2.56. The molecule has 3 heterocycles. The maximum Gasteiger partial charge on any atom is 0.410 e. The summed E-state index contributed by atoms with van der Waals surface area (Å²) in [6.45, 7) is 7.27. The number of carbonyl (C=O) groups excluding carboxylic acids is 1. The van der Waals surface area contributed by atoms with E-state index in [0.717, 1.165) is 25.2 Å². The summed E-state index contributed by atoms with van der Waals surface area (Å²) in [5.41, 5.74) is 6.24. The van der Waals surface area contributed by atoms with Crippen molar-refractivity contribution in [1.29, 1.82) is 0 Å². The van der Waals surface area contributed by atoms with Crippen molar-refractivity contribution in [1.82, 2.24) is 9.88 Å². The lowest BCUT2D eigenvalue weighted by Gasteiger charge is -2.48. The summed E-state index contributed by atoms with van der Waals surface area (Å²) in [5, 5.41) is 0. The predicted octanol–water partition coefficient (Wildman–Crippen LogP) is 1.86. The van der Waals surface area contributed by atoms with Crippen molar-refractivity contribution in [2.24, 2.45) is 0 Å². The van der Waals surface area contributed by atoms with Gasteiger partial charge in [-0.25, -0.2) is 9.78 Å². The lowest BCUT2D eigenvalue weighted by Crippen LogP contribution is -2.63. The average molecular weight is 290 g/mol. The second-order valence-electron chi connectivity index (χ2n) is 6.69. The Morgan fingerprint density at radius 3 is 2.76 bits per heavy atom. The summed E-state index contributed by atoms with van der Waals surface area (Å²) < 4.78 is 5.47. The van der Waals surface area contributed by atoms with E-state index in [1.165, 1.54) is 0 Å². The van der Waals surface area contributed by atoms with Gasteiger partial charge in [-0.3, -0.25) is 0 Å². The summed E-state index contributed by atoms with van der Waals surface area (Å²) in [4.78, 5) is 20.5. The topological polar surface area (TPSA) is 71.7 Å². The molecular formula is C15H22N4O2. The largest absolute Gasteiger partial charge is 0.444 e. The monoisotopic (exact) mass is 290 g/mol. The maximum absolute atomic E-state index is 12.2. The lowest BCUT2D eigenvalue weighted by atomic mass is 9.96. The highest BCUT2D eigenvalue weighted by molar-refractivity contribution is 5.70. The van der Waals surface area contributed by atoms with E-state index in [1.807, 2.05) is 37.8 Å². The number of likely N-dealkylation sites (tertiary alicyclic amines) is 1. The molecule has 2 aliphatic heterocycles. The summed E-state index contributed by atoms with van der Waals surface area (Å²) in [6, 6.07) is 4.40. The number of nitrogens with two attached hydrogens (primary N) is 1. The van der Waals surface area contributed by atoms with Gasteiger partial charge in [-0.1, -0.05) is 0 Å². The molecule has 6 heteroatoms. The van der Waals surface area contributed by atoms with E-state index in [2.05, 4.69) is 9.88 Å². The molecule has 0 aliphatic carbocycles. The van der Waals surface area contributed by atoms with E-state index in [-0.39, 0.29) is 12.1 Å². The third-order valence-electron chi connectivity index (χ3n) is 4.02. The molecule has 3 rings (SSSR count). The van der Waals surface area contributed by atoms with Gasteiger partial charge in [-0.05, 0) is 39.3 Å². The molecule has 21 heavy (non-hydrogen) atoms. The molecule has 114 valence electrons. The number of aromatic nitrogens is 1. The van der Waals surface area contributed by atoms with Gasteiger partial charge < -0.3 is 20.3 Å². The van der Waals surface area contributed by atoms with Crippen LogP contribution >= 0.6 is 0 Å². The van der Waals surface area contributed by atoms with Crippen LogP contribution in [0.5, 0.6) is 0 Å². The molecule has 2 N–H and O–H groups in total. The summed E-state index contributed by atoms with van der Waals surface area (Å²) in [7, 11) is 0. The first-order valence-corrected chi connectivity index (χ1v) is 7.33. The Balaban J connectivity index is 1.64. The van der Waals surface area contributed by atoms with Crippen molar-refractivity contribution < 1.29 is 9.53 Å². The van der Waals surface area contributed by atoms with Crippen LogP contribution in [0.4, 0.5) is 16.3 Å². The fourth-order valence-electron chi connectivity index (χ4n) is 3.03. The maximum atomic E-state index is 12.2. The molecule has 0 saturated carbocycles. The number of ether oxygens (including phenoxy) is 1. The highest BCUT2D eigenvalue weighted by Crippen LogP contribution is 2.36. The van der Waals surface area contributed by atoms with Crippen LogP contribution in [-0.2, 0) is 4.74 Å². The number of nitrogens with zero attached hydrogens (tertiary/aromatic N) is 3. The van der Waals surface area contributed by atoms with Crippen LogP contribution in [0.3, 0.4) is 0 Å². The Morgan fingerprint density at radius 2 is 2.14 bits per heavy atom. The summed E-state index contributed by atoms with van der Waals surface area (Å²) >= 11 is 0. The van der Waals surface area contributed by atoms with Crippen LogP contribution in [0.25, 0.3) is 0 Å². The Morgan fingerprint density at radius 1 is 1.38 bits per heavy atom. The molecule has 1 aromatic heterocycles. The van der Waals surface area contributed by atoms with Crippen molar-refractivity contribution >= 4 is 17.6 Å². The zero-order valence-electron chi connectivity index (χ0n) is 12.7. The smallest absolute Gasteiger partial charge is 0.410 e. The molecule has 0 bridgehead atoms. The molecule has 0 aromatic carbocycles. The molecule has 6 nitrogen and oxygen atoms in total. The second-order valence-corrected chi connectivity index (χ2v) is 6.69. The normalized spacial score (nSPS) is 24.5.